The second-order valence-electron chi connectivity index (χ2n) is 9.45. The molecule has 0 radical (unpaired) electrons. The maximum Gasteiger partial charge on any atom is 0.324 e. The Morgan fingerprint density at radius 2 is 2.03 bits per heavy atom. The zero-order chi connectivity index (χ0) is 24.8. The summed E-state index contributed by atoms with van der Waals surface area (Å²) >= 11 is 0. The molecule has 3 atom stereocenters. The van der Waals surface area contributed by atoms with Gasteiger partial charge in [0.1, 0.15) is 25.0 Å². The molecule has 1 saturated carbocycles. The monoisotopic (exact) mass is 493 g/mol. The lowest BCUT2D eigenvalue weighted by atomic mass is 10.0. The number of methoxy groups -OCH3 is 1. The van der Waals surface area contributed by atoms with Crippen molar-refractivity contribution in [3.63, 3.8) is 0 Å². The van der Waals surface area contributed by atoms with Gasteiger partial charge in [-0.25, -0.2) is 14.4 Å². The Morgan fingerprint density at radius 3 is 2.72 bits per heavy atom. The van der Waals surface area contributed by atoms with Crippen LogP contribution in [0.4, 0.5) is 15.9 Å². The van der Waals surface area contributed by atoms with E-state index in [9.17, 15) is 4.39 Å². The number of nitrogens with zero attached hydrogens (tertiary/aromatic N) is 5. The Balaban J connectivity index is 1.36. The highest BCUT2D eigenvalue weighted by molar-refractivity contribution is 5.88. The number of rotatable bonds is 8. The second-order valence-corrected chi connectivity index (χ2v) is 9.45. The van der Waals surface area contributed by atoms with Crippen LogP contribution in [0.1, 0.15) is 29.9 Å². The SMILES string of the molecule is CNc1cc(F)cc2c1Cc1nc(Oc3cnc(COCOC)nc3)nc(N3C[C@@H]4CC3CC4N)c1-2. The minimum absolute atomic E-state index is 0.165. The first-order chi connectivity index (χ1) is 17.5. The molecule has 11 heteroatoms. The number of anilines is 2. The Kier molecular flexibility index (Phi) is 5.90. The van der Waals surface area contributed by atoms with Crippen LogP contribution in [0, 0.1) is 11.7 Å². The molecule has 10 nitrogen and oxygen atoms in total. The lowest BCUT2D eigenvalue weighted by molar-refractivity contribution is -0.0412. The molecule has 3 aromatic rings. The van der Waals surface area contributed by atoms with Crippen LogP contribution in [-0.2, 0) is 22.5 Å². The number of hydrogen-bond acceptors (Lipinski definition) is 10. The van der Waals surface area contributed by atoms with Crippen molar-refractivity contribution >= 4 is 11.5 Å². The molecule has 6 rings (SSSR count). The fourth-order valence-electron chi connectivity index (χ4n) is 5.61. The van der Waals surface area contributed by atoms with Gasteiger partial charge in [0.15, 0.2) is 11.6 Å². The van der Waals surface area contributed by atoms with Crippen molar-refractivity contribution < 1.29 is 18.6 Å². The molecule has 2 unspecified atom stereocenters. The summed E-state index contributed by atoms with van der Waals surface area (Å²) in [5, 5.41) is 3.12. The normalized spacial score (nSPS) is 21.6. The minimum Gasteiger partial charge on any atom is -0.421 e. The van der Waals surface area contributed by atoms with Crippen molar-refractivity contribution in [1.82, 2.24) is 19.9 Å². The molecule has 0 amide bonds. The van der Waals surface area contributed by atoms with Crippen LogP contribution in [0.15, 0.2) is 24.5 Å². The van der Waals surface area contributed by atoms with E-state index in [1.165, 1.54) is 6.07 Å². The van der Waals surface area contributed by atoms with Gasteiger partial charge in [0.25, 0.3) is 0 Å². The first-order valence-electron chi connectivity index (χ1n) is 12.0. The van der Waals surface area contributed by atoms with Crippen LogP contribution in [-0.4, -0.2) is 59.5 Å². The quantitative estimate of drug-likeness (QED) is 0.280. The summed E-state index contributed by atoms with van der Waals surface area (Å²) in [6, 6.07) is 3.81. The number of hydrogen-bond donors (Lipinski definition) is 2. The first kappa shape index (κ1) is 23.0. The van der Waals surface area contributed by atoms with E-state index >= 15 is 0 Å². The summed E-state index contributed by atoms with van der Waals surface area (Å²) in [7, 11) is 3.35. The van der Waals surface area contributed by atoms with Crippen LogP contribution >= 0.6 is 0 Å². The average Bonchev–Trinajstić information content (AvgIpc) is 3.56. The highest BCUT2D eigenvalue weighted by Gasteiger charge is 2.45. The number of piperidine rings is 1. The van der Waals surface area contributed by atoms with Gasteiger partial charge in [-0.15, -0.1) is 0 Å². The highest BCUT2D eigenvalue weighted by Crippen LogP contribution is 2.48. The fourth-order valence-corrected chi connectivity index (χ4v) is 5.61. The third kappa shape index (κ3) is 4.02. The predicted molar refractivity (Wildman–Crippen MR) is 130 cm³/mol. The summed E-state index contributed by atoms with van der Waals surface area (Å²) in [5.74, 6) is 1.82. The molecule has 0 spiro atoms. The summed E-state index contributed by atoms with van der Waals surface area (Å²) in [6.07, 6.45) is 5.64. The molecule has 36 heavy (non-hydrogen) atoms. The van der Waals surface area contributed by atoms with Gasteiger partial charge in [-0.1, -0.05) is 0 Å². The Labute approximate surface area is 208 Å². The predicted octanol–water partition coefficient (Wildman–Crippen LogP) is 2.86. The number of fused-ring (bicyclic) bond motifs is 5. The van der Waals surface area contributed by atoms with Crippen molar-refractivity contribution in [2.45, 2.75) is 38.0 Å². The number of aromatic nitrogens is 4. The van der Waals surface area contributed by atoms with E-state index in [1.54, 1.807) is 32.6 Å². The fraction of sp³-hybridized carbons (Fsp3) is 0.440. The van der Waals surface area contributed by atoms with E-state index in [0.29, 0.717) is 30.0 Å². The van der Waals surface area contributed by atoms with Crippen LogP contribution in [0.3, 0.4) is 0 Å². The van der Waals surface area contributed by atoms with Gasteiger partial charge in [0.05, 0.1) is 18.1 Å². The molecule has 1 saturated heterocycles. The number of nitrogens with two attached hydrogens (primary N) is 1. The highest BCUT2D eigenvalue weighted by atomic mass is 19.1. The van der Waals surface area contributed by atoms with Crippen molar-refractivity contribution in [2.24, 2.45) is 11.7 Å². The molecule has 3 heterocycles. The molecule has 1 aliphatic heterocycles. The van der Waals surface area contributed by atoms with Gasteiger partial charge in [-0.2, -0.15) is 9.97 Å². The summed E-state index contributed by atoms with van der Waals surface area (Å²) in [5.41, 5.74) is 10.6. The standard InChI is InChI=1S/C25H28FN7O3/c1-28-20-5-14(26)4-18-17(20)7-21-23(18)24(33-10-13-3-15(33)6-19(13)27)32-25(31-21)36-16-8-29-22(30-9-16)11-35-12-34-2/h4-5,8-9,13,15,19,28H,3,6-7,10-12,27H2,1-2H3/t13-,15?,19?/m0/s1. The van der Waals surface area contributed by atoms with Gasteiger partial charge in [-0.05, 0) is 42.0 Å². The lowest BCUT2D eigenvalue weighted by Crippen LogP contribution is -2.41. The van der Waals surface area contributed by atoms with E-state index in [1.807, 2.05) is 0 Å². The van der Waals surface area contributed by atoms with E-state index in [0.717, 1.165) is 53.3 Å². The molecule has 2 aliphatic carbocycles. The summed E-state index contributed by atoms with van der Waals surface area (Å²) < 4.78 is 30.7. The van der Waals surface area contributed by atoms with Gasteiger partial charge in [0, 0.05) is 50.5 Å². The third-order valence-electron chi connectivity index (χ3n) is 7.23. The lowest BCUT2D eigenvalue weighted by Gasteiger charge is -2.32. The molecule has 3 N–H and O–H groups in total. The van der Waals surface area contributed by atoms with Crippen LogP contribution in [0.25, 0.3) is 11.1 Å². The van der Waals surface area contributed by atoms with Crippen LogP contribution in [0.2, 0.25) is 0 Å². The van der Waals surface area contributed by atoms with Gasteiger partial charge < -0.3 is 30.2 Å². The second kappa shape index (κ2) is 9.23. The van der Waals surface area contributed by atoms with Gasteiger partial charge >= 0.3 is 6.01 Å². The Bertz CT molecular complexity index is 1290. The maximum atomic E-state index is 14.5. The number of ether oxygens (including phenoxy) is 3. The number of benzene rings is 1. The van der Waals surface area contributed by atoms with Crippen LogP contribution < -0.4 is 20.7 Å². The summed E-state index contributed by atoms with van der Waals surface area (Å²) in [6.45, 7) is 1.21. The molecule has 188 valence electrons. The summed E-state index contributed by atoms with van der Waals surface area (Å²) in [4.78, 5) is 20.4. The molecule has 2 bridgehead atoms. The van der Waals surface area contributed by atoms with Crippen molar-refractivity contribution in [3.8, 4) is 22.9 Å². The smallest absolute Gasteiger partial charge is 0.324 e. The maximum absolute atomic E-state index is 14.5. The Morgan fingerprint density at radius 1 is 1.19 bits per heavy atom. The molecule has 2 fully saturated rings. The van der Waals surface area contributed by atoms with E-state index in [-0.39, 0.29) is 31.3 Å². The van der Waals surface area contributed by atoms with Crippen molar-refractivity contribution in [3.05, 3.63) is 47.4 Å². The zero-order valence-corrected chi connectivity index (χ0v) is 20.2. The topological polar surface area (TPSA) is 121 Å². The van der Waals surface area contributed by atoms with Gasteiger partial charge in [-0.3, -0.25) is 0 Å². The first-order valence-corrected chi connectivity index (χ1v) is 12.0. The zero-order valence-electron chi connectivity index (χ0n) is 20.2. The van der Waals surface area contributed by atoms with E-state index < -0.39 is 0 Å². The van der Waals surface area contributed by atoms with E-state index in [4.69, 9.17) is 29.9 Å². The molecular formula is C25H28FN7O3. The van der Waals surface area contributed by atoms with E-state index in [2.05, 4.69) is 20.2 Å². The number of halogens is 1. The Hall–Kier alpha value is -3.41. The van der Waals surface area contributed by atoms with Crippen LogP contribution in [0.5, 0.6) is 11.8 Å². The van der Waals surface area contributed by atoms with Crippen molar-refractivity contribution in [2.75, 3.05) is 37.7 Å². The minimum atomic E-state index is -0.297. The average molecular weight is 494 g/mol. The molecule has 3 aliphatic rings. The molecule has 1 aromatic carbocycles. The number of nitrogens with one attached hydrogen (secondary N) is 1. The largest absolute Gasteiger partial charge is 0.421 e. The van der Waals surface area contributed by atoms with Gasteiger partial charge in [0.2, 0.25) is 0 Å². The molecular weight excluding hydrogens is 465 g/mol. The molecule has 2 aromatic heterocycles. The van der Waals surface area contributed by atoms with Crippen molar-refractivity contribution in [1.29, 1.82) is 0 Å². The third-order valence-corrected chi connectivity index (χ3v) is 7.23.